The maximum atomic E-state index is 12.3. The summed E-state index contributed by atoms with van der Waals surface area (Å²) in [5, 5.41) is 16.3. The lowest BCUT2D eigenvalue weighted by Gasteiger charge is -2.11. The quantitative estimate of drug-likeness (QED) is 0.673. The summed E-state index contributed by atoms with van der Waals surface area (Å²) in [6.07, 6.45) is 2.80. The van der Waals surface area contributed by atoms with Crippen molar-refractivity contribution in [2.75, 3.05) is 0 Å². The standard InChI is InChI=1S/C16H15ClN4O2/c1-10(2)20-16(23)14(7-18)15(22)11-8-19-21(9-11)13-5-3-4-12(17)6-13/h3-6,8-10,14H,1-2H3,(H,20,23)/t14-/m0/s1. The summed E-state index contributed by atoms with van der Waals surface area (Å²) >= 11 is 5.92. The Kier molecular flexibility index (Phi) is 5.14. The summed E-state index contributed by atoms with van der Waals surface area (Å²) in [4.78, 5) is 24.3. The fourth-order valence-corrected chi connectivity index (χ4v) is 2.17. The SMILES string of the molecule is CC(C)NC(=O)[C@@H](C#N)C(=O)c1cnn(-c2cccc(Cl)c2)c1. The van der Waals surface area contributed by atoms with Crippen LogP contribution in [0.25, 0.3) is 5.69 Å². The summed E-state index contributed by atoms with van der Waals surface area (Å²) in [6, 6.07) is 8.54. The number of carbonyl (C=O) groups is 2. The van der Waals surface area contributed by atoms with E-state index in [0.717, 1.165) is 0 Å². The van der Waals surface area contributed by atoms with Crippen LogP contribution < -0.4 is 5.32 Å². The van der Waals surface area contributed by atoms with Crippen molar-refractivity contribution in [1.82, 2.24) is 15.1 Å². The van der Waals surface area contributed by atoms with Gasteiger partial charge in [0.1, 0.15) is 0 Å². The minimum atomic E-state index is -1.39. The maximum absolute atomic E-state index is 12.3. The van der Waals surface area contributed by atoms with Crippen molar-refractivity contribution >= 4 is 23.3 Å². The Morgan fingerprint density at radius 1 is 1.39 bits per heavy atom. The lowest BCUT2D eigenvalue weighted by molar-refractivity contribution is -0.122. The Morgan fingerprint density at radius 3 is 2.74 bits per heavy atom. The molecule has 1 heterocycles. The van der Waals surface area contributed by atoms with E-state index < -0.39 is 17.6 Å². The molecule has 7 heteroatoms. The van der Waals surface area contributed by atoms with Gasteiger partial charge in [-0.05, 0) is 32.0 Å². The Balaban J connectivity index is 2.24. The molecule has 2 aromatic rings. The van der Waals surface area contributed by atoms with Crippen molar-refractivity contribution in [3.8, 4) is 11.8 Å². The van der Waals surface area contributed by atoms with Crippen LogP contribution in [0.3, 0.4) is 0 Å². The third kappa shape index (κ3) is 3.96. The largest absolute Gasteiger partial charge is 0.352 e. The van der Waals surface area contributed by atoms with Crippen molar-refractivity contribution in [2.45, 2.75) is 19.9 Å². The first-order valence-electron chi connectivity index (χ1n) is 6.97. The highest BCUT2D eigenvalue weighted by atomic mass is 35.5. The van der Waals surface area contributed by atoms with E-state index in [0.29, 0.717) is 10.7 Å². The number of nitriles is 1. The van der Waals surface area contributed by atoms with Gasteiger partial charge >= 0.3 is 0 Å². The van der Waals surface area contributed by atoms with Crippen LogP contribution in [-0.2, 0) is 4.79 Å². The highest BCUT2D eigenvalue weighted by Gasteiger charge is 2.28. The Labute approximate surface area is 138 Å². The number of amides is 1. The molecule has 2 rings (SSSR count). The van der Waals surface area contributed by atoms with E-state index in [1.54, 1.807) is 44.2 Å². The van der Waals surface area contributed by atoms with Gasteiger partial charge in [-0.3, -0.25) is 9.59 Å². The van der Waals surface area contributed by atoms with Crippen LogP contribution in [0.5, 0.6) is 0 Å². The molecule has 0 aliphatic rings. The smallest absolute Gasteiger partial charge is 0.245 e. The van der Waals surface area contributed by atoms with E-state index in [-0.39, 0.29) is 11.6 Å². The molecule has 0 radical (unpaired) electrons. The van der Waals surface area contributed by atoms with E-state index in [9.17, 15) is 9.59 Å². The van der Waals surface area contributed by atoms with Crippen LogP contribution >= 0.6 is 11.6 Å². The molecule has 1 N–H and O–H groups in total. The van der Waals surface area contributed by atoms with Crippen molar-refractivity contribution < 1.29 is 9.59 Å². The molecule has 6 nitrogen and oxygen atoms in total. The first-order chi connectivity index (χ1) is 10.9. The van der Waals surface area contributed by atoms with E-state index in [2.05, 4.69) is 10.4 Å². The van der Waals surface area contributed by atoms with Crippen LogP contribution in [0, 0.1) is 17.2 Å². The molecule has 1 atom stereocenters. The zero-order valence-corrected chi connectivity index (χ0v) is 13.4. The average Bonchev–Trinajstić information content (AvgIpc) is 2.97. The van der Waals surface area contributed by atoms with Crippen LogP contribution in [-0.4, -0.2) is 27.5 Å². The molecule has 118 valence electrons. The van der Waals surface area contributed by atoms with Crippen molar-refractivity contribution in [1.29, 1.82) is 5.26 Å². The van der Waals surface area contributed by atoms with Crippen LogP contribution in [0.15, 0.2) is 36.7 Å². The van der Waals surface area contributed by atoms with Gasteiger partial charge in [-0.2, -0.15) is 10.4 Å². The Hall–Kier alpha value is -2.65. The molecular formula is C16H15ClN4O2. The van der Waals surface area contributed by atoms with Gasteiger partial charge in [0.25, 0.3) is 0 Å². The molecule has 1 amide bonds. The zero-order chi connectivity index (χ0) is 17.0. The van der Waals surface area contributed by atoms with E-state index in [1.807, 2.05) is 0 Å². The lowest BCUT2D eigenvalue weighted by Crippen LogP contribution is -2.38. The topological polar surface area (TPSA) is 87.8 Å². The van der Waals surface area contributed by atoms with Gasteiger partial charge < -0.3 is 5.32 Å². The fraction of sp³-hybridized carbons (Fsp3) is 0.250. The van der Waals surface area contributed by atoms with Crippen LogP contribution in [0.1, 0.15) is 24.2 Å². The van der Waals surface area contributed by atoms with E-state index >= 15 is 0 Å². The normalized spacial score (nSPS) is 11.8. The minimum Gasteiger partial charge on any atom is -0.352 e. The molecule has 0 aliphatic heterocycles. The summed E-state index contributed by atoms with van der Waals surface area (Å²) in [5.41, 5.74) is 0.868. The van der Waals surface area contributed by atoms with Crippen LogP contribution in [0.4, 0.5) is 0 Å². The molecule has 0 saturated carbocycles. The second kappa shape index (κ2) is 7.07. The van der Waals surface area contributed by atoms with Gasteiger partial charge in [-0.15, -0.1) is 0 Å². The third-order valence-corrected chi connectivity index (χ3v) is 3.26. The van der Waals surface area contributed by atoms with Gasteiger partial charge in [0, 0.05) is 17.3 Å². The lowest BCUT2D eigenvalue weighted by atomic mass is 10.0. The molecule has 0 aliphatic carbocycles. The van der Waals surface area contributed by atoms with Gasteiger partial charge in [-0.1, -0.05) is 17.7 Å². The number of hydrogen-bond acceptors (Lipinski definition) is 4. The average molecular weight is 331 g/mol. The number of carbonyl (C=O) groups excluding carboxylic acids is 2. The minimum absolute atomic E-state index is 0.152. The second-order valence-corrected chi connectivity index (χ2v) is 5.68. The molecule has 0 unspecified atom stereocenters. The molecular weight excluding hydrogens is 316 g/mol. The van der Waals surface area contributed by atoms with E-state index in [1.165, 1.54) is 17.1 Å². The van der Waals surface area contributed by atoms with Gasteiger partial charge in [0.05, 0.1) is 23.5 Å². The summed E-state index contributed by atoms with van der Waals surface area (Å²) < 4.78 is 1.47. The molecule has 1 aromatic heterocycles. The zero-order valence-electron chi connectivity index (χ0n) is 12.7. The van der Waals surface area contributed by atoms with Crippen molar-refractivity contribution in [2.24, 2.45) is 5.92 Å². The highest BCUT2D eigenvalue weighted by Crippen LogP contribution is 2.16. The van der Waals surface area contributed by atoms with Crippen LogP contribution in [0.2, 0.25) is 5.02 Å². The fourth-order valence-electron chi connectivity index (χ4n) is 1.98. The number of hydrogen-bond donors (Lipinski definition) is 1. The predicted molar refractivity (Wildman–Crippen MR) is 85.3 cm³/mol. The molecule has 0 spiro atoms. The predicted octanol–water partition coefficient (Wildman–Crippen LogP) is 2.37. The molecule has 1 aromatic carbocycles. The first kappa shape index (κ1) is 16.7. The highest BCUT2D eigenvalue weighted by molar-refractivity contribution is 6.30. The summed E-state index contributed by atoms with van der Waals surface area (Å²) in [7, 11) is 0. The summed E-state index contributed by atoms with van der Waals surface area (Å²) in [5.74, 6) is -2.59. The van der Waals surface area contributed by atoms with Gasteiger partial charge in [0.15, 0.2) is 11.7 Å². The third-order valence-electron chi connectivity index (χ3n) is 3.02. The summed E-state index contributed by atoms with van der Waals surface area (Å²) in [6.45, 7) is 3.52. The number of ketones is 1. The van der Waals surface area contributed by atoms with Gasteiger partial charge in [-0.25, -0.2) is 4.68 Å². The van der Waals surface area contributed by atoms with Crippen molar-refractivity contribution in [3.05, 3.63) is 47.2 Å². The van der Waals surface area contributed by atoms with Gasteiger partial charge in [0.2, 0.25) is 5.91 Å². The number of benzene rings is 1. The van der Waals surface area contributed by atoms with Crippen molar-refractivity contribution in [3.63, 3.8) is 0 Å². The number of nitrogens with one attached hydrogen (secondary N) is 1. The number of aromatic nitrogens is 2. The molecule has 0 bridgehead atoms. The maximum Gasteiger partial charge on any atom is 0.245 e. The number of halogens is 1. The monoisotopic (exact) mass is 330 g/mol. The second-order valence-electron chi connectivity index (χ2n) is 5.24. The molecule has 23 heavy (non-hydrogen) atoms. The molecule has 0 fully saturated rings. The Morgan fingerprint density at radius 2 is 2.13 bits per heavy atom. The molecule has 0 saturated heterocycles. The number of rotatable bonds is 5. The first-order valence-corrected chi connectivity index (χ1v) is 7.35. The number of Topliss-reactive ketones (excluding diaryl/α,β-unsaturated/α-hetero) is 1. The number of nitrogens with zero attached hydrogens (tertiary/aromatic N) is 3. The Bertz CT molecular complexity index is 776. The van der Waals surface area contributed by atoms with E-state index in [4.69, 9.17) is 16.9 Å².